The maximum Gasteiger partial charge on any atom is 0.469 e. The van der Waals surface area contributed by atoms with Crippen molar-refractivity contribution in [2.75, 3.05) is 26.4 Å². The zero-order valence-corrected chi connectivity index (χ0v) is 17.5. The molecule has 0 aromatic heterocycles. The summed E-state index contributed by atoms with van der Waals surface area (Å²) in [5.41, 5.74) is 0.358. The molecule has 2 bridgehead atoms. The van der Waals surface area contributed by atoms with Gasteiger partial charge in [-0.2, -0.15) is 0 Å². The van der Waals surface area contributed by atoms with Gasteiger partial charge in [-0.25, -0.2) is 9.36 Å². The van der Waals surface area contributed by atoms with Gasteiger partial charge in [-0.05, 0) is 81.0 Å². The Labute approximate surface area is 167 Å². The predicted molar refractivity (Wildman–Crippen MR) is 103 cm³/mol. The van der Waals surface area contributed by atoms with E-state index < -0.39 is 13.8 Å². The van der Waals surface area contributed by atoms with Gasteiger partial charge in [0.15, 0.2) is 0 Å². The monoisotopic (exact) mass is 416 g/mol. The van der Waals surface area contributed by atoms with Gasteiger partial charge >= 0.3 is 13.8 Å². The van der Waals surface area contributed by atoms with Crippen LogP contribution in [0.1, 0.15) is 45.4 Å². The fourth-order valence-electron chi connectivity index (χ4n) is 6.09. The summed E-state index contributed by atoms with van der Waals surface area (Å²) >= 11 is 0. The van der Waals surface area contributed by atoms with Gasteiger partial charge in [0.2, 0.25) is 0 Å². The molecule has 3 aliphatic carbocycles. The van der Waals surface area contributed by atoms with Gasteiger partial charge in [0, 0.05) is 6.61 Å². The highest BCUT2D eigenvalue weighted by Crippen LogP contribution is 2.64. The van der Waals surface area contributed by atoms with E-state index in [1.165, 1.54) is 25.7 Å². The SMILES string of the molecule is C=C(COCCC1CCC2C3CC(CCOP(=O)(O)O)C(C3)C12)C(=O)OCC. The van der Waals surface area contributed by atoms with Crippen molar-refractivity contribution < 1.29 is 33.1 Å². The highest BCUT2D eigenvalue weighted by molar-refractivity contribution is 7.46. The molecule has 0 amide bonds. The zero-order chi connectivity index (χ0) is 20.3. The van der Waals surface area contributed by atoms with Crippen LogP contribution >= 0.6 is 7.82 Å². The van der Waals surface area contributed by atoms with Crippen LogP contribution in [0.3, 0.4) is 0 Å². The number of carbonyl (C=O) groups excluding carboxylic acids is 1. The van der Waals surface area contributed by atoms with Crippen LogP contribution in [0.5, 0.6) is 0 Å². The number of hydrogen-bond acceptors (Lipinski definition) is 5. The quantitative estimate of drug-likeness (QED) is 0.231. The molecule has 0 heterocycles. The lowest BCUT2D eigenvalue weighted by Crippen LogP contribution is -2.29. The van der Waals surface area contributed by atoms with Gasteiger partial charge < -0.3 is 19.3 Å². The van der Waals surface area contributed by atoms with Crippen LogP contribution in [0.25, 0.3) is 0 Å². The first kappa shape index (κ1) is 22.0. The molecular weight excluding hydrogens is 383 g/mol. The van der Waals surface area contributed by atoms with E-state index in [2.05, 4.69) is 11.1 Å². The molecule has 7 nitrogen and oxygen atoms in total. The standard InChI is InChI=1S/C20H33O7P/c1-3-26-20(21)13(2)12-25-8-6-14-4-5-17-16-10-15(18(11-16)19(14)17)7-9-27-28(22,23)24/h14-19H,2-12H2,1H3,(H2,22,23,24). The van der Waals surface area contributed by atoms with Crippen LogP contribution < -0.4 is 0 Å². The number of rotatable bonds is 11. The van der Waals surface area contributed by atoms with Gasteiger partial charge in [0.1, 0.15) is 0 Å². The summed E-state index contributed by atoms with van der Waals surface area (Å²) < 4.78 is 26.2. The number of esters is 1. The summed E-state index contributed by atoms with van der Waals surface area (Å²) in [4.78, 5) is 29.3. The first-order chi connectivity index (χ1) is 13.3. The maximum atomic E-state index is 11.6. The van der Waals surface area contributed by atoms with Crippen LogP contribution in [-0.2, 0) is 23.4 Å². The number of phosphoric acid groups is 1. The Morgan fingerprint density at radius 3 is 2.57 bits per heavy atom. The molecule has 0 aromatic carbocycles. The van der Waals surface area contributed by atoms with Gasteiger partial charge in [0.25, 0.3) is 0 Å². The van der Waals surface area contributed by atoms with Gasteiger partial charge in [-0.3, -0.25) is 4.52 Å². The molecule has 0 aliphatic heterocycles. The van der Waals surface area contributed by atoms with E-state index in [0.717, 1.165) is 24.7 Å². The van der Waals surface area contributed by atoms with E-state index in [0.29, 0.717) is 42.5 Å². The third-order valence-corrected chi connectivity index (χ3v) is 7.54. The van der Waals surface area contributed by atoms with Crippen molar-refractivity contribution in [3.05, 3.63) is 12.2 Å². The lowest BCUT2D eigenvalue weighted by atomic mass is 9.71. The van der Waals surface area contributed by atoms with Crippen molar-refractivity contribution in [2.45, 2.75) is 45.4 Å². The van der Waals surface area contributed by atoms with Crippen LogP contribution in [0.2, 0.25) is 0 Å². The minimum atomic E-state index is -4.37. The molecule has 6 unspecified atom stereocenters. The molecule has 3 aliphatic rings. The van der Waals surface area contributed by atoms with Gasteiger partial charge in [-0.1, -0.05) is 6.58 Å². The normalized spacial score (nSPS) is 33.8. The smallest absolute Gasteiger partial charge is 0.463 e. The number of carbonyl (C=O) groups is 1. The fourth-order valence-corrected chi connectivity index (χ4v) is 6.44. The molecule has 8 heteroatoms. The van der Waals surface area contributed by atoms with E-state index in [4.69, 9.17) is 19.3 Å². The molecule has 2 N–H and O–H groups in total. The molecule has 0 radical (unpaired) electrons. The Morgan fingerprint density at radius 2 is 1.86 bits per heavy atom. The van der Waals surface area contributed by atoms with Crippen molar-refractivity contribution in [2.24, 2.45) is 35.5 Å². The van der Waals surface area contributed by atoms with Crippen molar-refractivity contribution in [1.82, 2.24) is 0 Å². The van der Waals surface area contributed by atoms with E-state index in [1.807, 2.05) is 0 Å². The third-order valence-electron chi connectivity index (χ3n) is 7.02. The Morgan fingerprint density at radius 1 is 1.11 bits per heavy atom. The molecule has 6 atom stereocenters. The Balaban J connectivity index is 1.42. The largest absolute Gasteiger partial charge is 0.469 e. The molecule has 160 valence electrons. The minimum absolute atomic E-state index is 0.138. The summed E-state index contributed by atoms with van der Waals surface area (Å²) in [6.45, 7) is 6.80. The minimum Gasteiger partial charge on any atom is -0.463 e. The molecule has 0 spiro atoms. The molecule has 3 saturated carbocycles. The van der Waals surface area contributed by atoms with E-state index in [9.17, 15) is 9.36 Å². The lowest BCUT2D eigenvalue weighted by Gasteiger charge is -2.35. The first-order valence-corrected chi connectivity index (χ1v) is 12.0. The van der Waals surface area contributed by atoms with Crippen molar-refractivity contribution in [3.8, 4) is 0 Å². The first-order valence-electron chi connectivity index (χ1n) is 10.4. The predicted octanol–water partition coefficient (Wildman–Crippen LogP) is 3.31. The zero-order valence-electron chi connectivity index (χ0n) is 16.6. The summed E-state index contributed by atoms with van der Waals surface area (Å²) in [5, 5.41) is 0. The summed E-state index contributed by atoms with van der Waals surface area (Å²) in [5.74, 6) is 3.70. The Bertz CT molecular complexity index is 616. The number of fused-ring (bicyclic) bond motifs is 5. The van der Waals surface area contributed by atoms with Crippen LogP contribution in [-0.4, -0.2) is 42.2 Å². The third kappa shape index (κ3) is 5.25. The highest BCUT2D eigenvalue weighted by Gasteiger charge is 2.56. The topological polar surface area (TPSA) is 102 Å². The van der Waals surface area contributed by atoms with E-state index in [-0.39, 0.29) is 13.2 Å². The maximum absolute atomic E-state index is 11.6. The molecule has 0 aromatic rings. The second-order valence-corrected chi connectivity index (χ2v) is 9.75. The van der Waals surface area contributed by atoms with Crippen LogP contribution in [0, 0.1) is 35.5 Å². The summed E-state index contributed by atoms with van der Waals surface area (Å²) in [6, 6.07) is 0. The average molecular weight is 416 g/mol. The van der Waals surface area contributed by atoms with E-state index in [1.54, 1.807) is 6.92 Å². The molecule has 0 saturated heterocycles. The molecule has 28 heavy (non-hydrogen) atoms. The summed E-state index contributed by atoms with van der Waals surface area (Å²) in [6.07, 6.45) is 6.68. The lowest BCUT2D eigenvalue weighted by molar-refractivity contribution is -0.139. The molecular formula is C20H33O7P. The average Bonchev–Trinajstić information content (AvgIpc) is 3.30. The van der Waals surface area contributed by atoms with Crippen molar-refractivity contribution in [1.29, 1.82) is 0 Å². The van der Waals surface area contributed by atoms with Gasteiger partial charge in [0.05, 0.1) is 25.4 Å². The number of ether oxygens (including phenoxy) is 2. The number of phosphoric ester groups is 1. The van der Waals surface area contributed by atoms with Gasteiger partial charge in [-0.15, -0.1) is 0 Å². The van der Waals surface area contributed by atoms with Crippen molar-refractivity contribution in [3.63, 3.8) is 0 Å². The van der Waals surface area contributed by atoms with Crippen molar-refractivity contribution >= 4 is 13.8 Å². The van der Waals surface area contributed by atoms with Crippen LogP contribution in [0.15, 0.2) is 12.2 Å². The van der Waals surface area contributed by atoms with E-state index >= 15 is 0 Å². The molecule has 3 rings (SSSR count). The summed E-state index contributed by atoms with van der Waals surface area (Å²) in [7, 11) is -4.37. The van der Waals surface area contributed by atoms with Crippen LogP contribution in [0.4, 0.5) is 0 Å². The molecule has 3 fully saturated rings. The Hall–Kier alpha value is -0.720. The number of hydrogen-bond donors (Lipinski definition) is 2. The second kappa shape index (κ2) is 9.40. The Kier molecular flexibility index (Phi) is 7.37. The fraction of sp³-hybridized carbons (Fsp3) is 0.850. The highest BCUT2D eigenvalue weighted by atomic mass is 31.2. The second-order valence-electron chi connectivity index (χ2n) is 8.51.